The first-order valence-electron chi connectivity index (χ1n) is 13.9. The van der Waals surface area contributed by atoms with Crippen molar-refractivity contribution in [3.05, 3.63) is 11.6 Å². The Morgan fingerprint density at radius 3 is 2.18 bits per heavy atom. The molecule has 0 spiro atoms. The van der Waals surface area contributed by atoms with Gasteiger partial charge in [-0.15, -0.1) is 0 Å². The molecule has 3 N–H and O–H groups in total. The topological polar surface area (TPSA) is 60.7 Å². The van der Waals surface area contributed by atoms with Crippen LogP contribution in [0.5, 0.6) is 0 Å². The molecule has 0 aromatic rings. The second kappa shape index (κ2) is 7.10. The molecule has 3 heteroatoms. The largest absolute Gasteiger partial charge is 0.396 e. The van der Waals surface area contributed by atoms with Gasteiger partial charge in [0, 0.05) is 5.41 Å². The normalized spacial score (nSPS) is 57.8. The molecule has 0 aromatic carbocycles. The number of fused-ring (bicyclic) bond motifs is 7. The summed E-state index contributed by atoms with van der Waals surface area (Å²) in [6.07, 6.45) is 11.9. The van der Waals surface area contributed by atoms with Crippen LogP contribution < -0.4 is 0 Å². The highest BCUT2D eigenvalue weighted by Gasteiger charge is 2.68. The molecule has 33 heavy (non-hydrogen) atoms. The van der Waals surface area contributed by atoms with E-state index in [0.717, 1.165) is 38.5 Å². The summed E-state index contributed by atoms with van der Waals surface area (Å²) >= 11 is 0. The molecule has 0 radical (unpaired) electrons. The van der Waals surface area contributed by atoms with Gasteiger partial charge in [0.1, 0.15) is 0 Å². The van der Waals surface area contributed by atoms with E-state index in [-0.39, 0.29) is 51.3 Å². The van der Waals surface area contributed by atoms with Gasteiger partial charge < -0.3 is 15.3 Å². The number of hydrogen-bond donors (Lipinski definition) is 3. The van der Waals surface area contributed by atoms with E-state index in [2.05, 4.69) is 54.5 Å². The van der Waals surface area contributed by atoms with E-state index in [9.17, 15) is 15.3 Å². The molecule has 0 unspecified atom stereocenters. The molecular weight excluding hydrogens is 408 g/mol. The van der Waals surface area contributed by atoms with E-state index in [1.165, 1.54) is 19.3 Å². The summed E-state index contributed by atoms with van der Waals surface area (Å²) in [6.45, 7) is 16.9. The molecule has 0 aliphatic heterocycles. The molecule has 0 bridgehead atoms. The highest BCUT2D eigenvalue weighted by molar-refractivity contribution is 5.33. The lowest BCUT2D eigenvalue weighted by Crippen LogP contribution is -2.65. The molecule has 5 rings (SSSR count). The van der Waals surface area contributed by atoms with Crippen LogP contribution in [-0.2, 0) is 0 Å². The average Bonchev–Trinajstić information content (AvgIpc) is 2.73. The zero-order valence-corrected chi connectivity index (χ0v) is 22.4. The molecule has 4 fully saturated rings. The lowest BCUT2D eigenvalue weighted by Gasteiger charge is -2.71. The summed E-state index contributed by atoms with van der Waals surface area (Å²) in [7, 11) is 0. The minimum absolute atomic E-state index is 0.0207. The first kappa shape index (κ1) is 24.3. The summed E-state index contributed by atoms with van der Waals surface area (Å²) in [5.74, 6) is 1.56. The maximum absolute atomic E-state index is 10.9. The van der Waals surface area contributed by atoms with Crippen molar-refractivity contribution in [3.63, 3.8) is 0 Å². The van der Waals surface area contributed by atoms with Gasteiger partial charge in [-0.05, 0) is 103 Å². The van der Waals surface area contributed by atoms with Crippen molar-refractivity contribution in [3.8, 4) is 0 Å². The highest BCUT2D eigenvalue weighted by Crippen LogP contribution is 2.75. The first-order chi connectivity index (χ1) is 15.2. The predicted molar refractivity (Wildman–Crippen MR) is 134 cm³/mol. The highest BCUT2D eigenvalue weighted by atomic mass is 16.3. The van der Waals surface area contributed by atoms with Crippen molar-refractivity contribution in [1.29, 1.82) is 0 Å². The van der Waals surface area contributed by atoms with Crippen LogP contribution in [-0.4, -0.2) is 34.1 Å². The van der Waals surface area contributed by atoms with Gasteiger partial charge in [0.2, 0.25) is 0 Å². The summed E-state index contributed by atoms with van der Waals surface area (Å²) in [4.78, 5) is 0. The van der Waals surface area contributed by atoms with E-state index in [0.29, 0.717) is 17.8 Å². The van der Waals surface area contributed by atoms with Crippen LogP contribution in [0.2, 0.25) is 0 Å². The second-order valence-electron chi connectivity index (χ2n) is 15.1. The molecule has 0 amide bonds. The Bertz CT molecular complexity index is 847. The summed E-state index contributed by atoms with van der Waals surface area (Å²) < 4.78 is 0. The van der Waals surface area contributed by atoms with E-state index >= 15 is 0 Å². The average molecular weight is 459 g/mol. The van der Waals surface area contributed by atoms with Gasteiger partial charge in [-0.25, -0.2) is 0 Å². The SMILES string of the molecule is CC1(C)C[C@H]2C3=CC[C@@H]4[C@@]5(C)CC[C@H](O)[C@](C)(CO)[C@@H]5CC[C@@]4(C)[C@]3(C)CC[C@@]2(C)C[C@H]1O. The molecule has 188 valence electrons. The standard InChI is InChI=1S/C30H50O3/c1-25(2)16-20-19-8-9-22-27(4)12-11-23(32)28(5,18-31)21(27)10-13-30(22,7)29(19,6)15-14-26(20,3)17-24(25)33/h8,20-24,31-33H,9-18H2,1-7H3/t20-,21+,22+,23-,24+,26-,27-,28+,29+,30+/m0/s1. The number of aliphatic hydroxyl groups excluding tert-OH is 3. The van der Waals surface area contributed by atoms with Crippen molar-refractivity contribution in [2.45, 2.75) is 118 Å². The number of rotatable bonds is 1. The molecule has 0 aromatic heterocycles. The Kier molecular flexibility index (Phi) is 5.23. The van der Waals surface area contributed by atoms with E-state index in [1.54, 1.807) is 5.57 Å². The van der Waals surface area contributed by atoms with Crippen LogP contribution >= 0.6 is 0 Å². The lowest BCUT2D eigenvalue weighted by atomic mass is 9.33. The maximum atomic E-state index is 10.9. The molecule has 5 aliphatic carbocycles. The van der Waals surface area contributed by atoms with Crippen LogP contribution in [0.1, 0.15) is 106 Å². The zero-order valence-electron chi connectivity index (χ0n) is 22.4. The van der Waals surface area contributed by atoms with Crippen LogP contribution in [0.3, 0.4) is 0 Å². The third kappa shape index (κ3) is 2.91. The fourth-order valence-corrected chi connectivity index (χ4v) is 10.6. The smallest absolute Gasteiger partial charge is 0.0618 e. The predicted octanol–water partition coefficient (Wildman–Crippen LogP) is 6.11. The Balaban J connectivity index is 1.57. The van der Waals surface area contributed by atoms with Crippen molar-refractivity contribution in [1.82, 2.24) is 0 Å². The van der Waals surface area contributed by atoms with Gasteiger partial charge in [-0.3, -0.25) is 0 Å². The molecule has 4 saturated carbocycles. The molecule has 0 heterocycles. The van der Waals surface area contributed by atoms with Crippen molar-refractivity contribution < 1.29 is 15.3 Å². The number of hydrogen-bond acceptors (Lipinski definition) is 3. The molecule has 10 atom stereocenters. The van der Waals surface area contributed by atoms with Crippen molar-refractivity contribution in [2.75, 3.05) is 6.61 Å². The minimum Gasteiger partial charge on any atom is -0.396 e. The summed E-state index contributed by atoms with van der Waals surface area (Å²) in [5, 5.41) is 32.3. The molecular formula is C30H50O3. The Hall–Kier alpha value is -0.380. The van der Waals surface area contributed by atoms with Gasteiger partial charge in [-0.1, -0.05) is 60.1 Å². The first-order valence-corrected chi connectivity index (χ1v) is 13.9. The second-order valence-corrected chi connectivity index (χ2v) is 15.1. The van der Waals surface area contributed by atoms with Crippen LogP contribution in [0.15, 0.2) is 11.6 Å². The number of allylic oxidation sites excluding steroid dienone is 2. The van der Waals surface area contributed by atoms with Crippen LogP contribution in [0.25, 0.3) is 0 Å². The van der Waals surface area contributed by atoms with Crippen LogP contribution in [0, 0.1) is 50.2 Å². The maximum Gasteiger partial charge on any atom is 0.0618 e. The van der Waals surface area contributed by atoms with E-state index in [4.69, 9.17) is 0 Å². The Morgan fingerprint density at radius 1 is 0.818 bits per heavy atom. The fraction of sp³-hybridized carbons (Fsp3) is 0.933. The summed E-state index contributed by atoms with van der Waals surface area (Å²) in [5.41, 5.74) is 2.16. The van der Waals surface area contributed by atoms with Gasteiger partial charge in [-0.2, -0.15) is 0 Å². The minimum atomic E-state index is -0.388. The van der Waals surface area contributed by atoms with Crippen molar-refractivity contribution >= 4 is 0 Å². The molecule has 3 nitrogen and oxygen atoms in total. The zero-order chi connectivity index (χ0) is 24.2. The molecule has 5 aliphatic rings. The van der Waals surface area contributed by atoms with Crippen molar-refractivity contribution in [2.24, 2.45) is 50.2 Å². The van der Waals surface area contributed by atoms with Gasteiger partial charge >= 0.3 is 0 Å². The van der Waals surface area contributed by atoms with Gasteiger partial charge in [0.25, 0.3) is 0 Å². The lowest BCUT2D eigenvalue weighted by molar-refractivity contribution is -0.216. The van der Waals surface area contributed by atoms with Gasteiger partial charge in [0.15, 0.2) is 0 Å². The third-order valence-electron chi connectivity index (χ3n) is 13.3. The van der Waals surface area contributed by atoms with Crippen LogP contribution in [0.4, 0.5) is 0 Å². The third-order valence-corrected chi connectivity index (χ3v) is 13.3. The van der Waals surface area contributed by atoms with Gasteiger partial charge in [0.05, 0.1) is 18.8 Å². The van der Waals surface area contributed by atoms with E-state index in [1.807, 2.05) is 0 Å². The quantitative estimate of drug-likeness (QED) is 0.415. The molecule has 0 saturated heterocycles. The number of aliphatic hydroxyl groups is 3. The summed E-state index contributed by atoms with van der Waals surface area (Å²) in [6, 6.07) is 0. The Labute approximate surface area is 202 Å². The van der Waals surface area contributed by atoms with E-state index < -0.39 is 0 Å². The Morgan fingerprint density at radius 2 is 1.52 bits per heavy atom. The monoisotopic (exact) mass is 458 g/mol. The fourth-order valence-electron chi connectivity index (χ4n) is 10.6.